The van der Waals surface area contributed by atoms with Crippen LogP contribution in [0.5, 0.6) is 5.75 Å². The number of aryl methyl sites for hydroxylation is 1. The van der Waals surface area contributed by atoms with Crippen LogP contribution in [0.2, 0.25) is 0 Å². The monoisotopic (exact) mass is 224 g/mol. The highest BCUT2D eigenvalue weighted by Crippen LogP contribution is 2.19. The molecule has 0 saturated carbocycles. The topological polar surface area (TPSA) is 66.8 Å². The van der Waals surface area contributed by atoms with Crippen molar-refractivity contribution in [1.29, 1.82) is 0 Å². The second-order valence-electron chi connectivity index (χ2n) is 3.58. The summed E-state index contributed by atoms with van der Waals surface area (Å²) in [6.45, 7) is 1.83. The molecule has 0 aromatic heterocycles. The minimum absolute atomic E-state index is 0.0269. The Bertz CT molecular complexity index is 349. The van der Waals surface area contributed by atoms with E-state index in [2.05, 4.69) is 0 Å². The molecular formula is C12H16O4. The van der Waals surface area contributed by atoms with Crippen molar-refractivity contribution in [1.82, 2.24) is 0 Å². The Morgan fingerprint density at radius 3 is 2.69 bits per heavy atom. The predicted octanol–water partition coefficient (Wildman–Crippen LogP) is 1.60. The molecule has 4 heteroatoms. The summed E-state index contributed by atoms with van der Waals surface area (Å²) in [5.74, 6) is -0.426. The van der Waals surface area contributed by atoms with Crippen LogP contribution in [0.15, 0.2) is 24.3 Å². The number of hydrogen-bond acceptors (Lipinski definition) is 3. The van der Waals surface area contributed by atoms with Crippen molar-refractivity contribution in [2.75, 3.05) is 6.61 Å². The maximum Gasteiger partial charge on any atom is 0.344 e. The summed E-state index contributed by atoms with van der Waals surface area (Å²) in [4.78, 5) is 10.9. The zero-order valence-corrected chi connectivity index (χ0v) is 9.22. The Balaban J connectivity index is 2.68. The van der Waals surface area contributed by atoms with Crippen LogP contribution < -0.4 is 4.74 Å². The average molecular weight is 224 g/mol. The lowest BCUT2D eigenvalue weighted by Gasteiger charge is -2.16. The smallest absolute Gasteiger partial charge is 0.344 e. The molecule has 1 aromatic carbocycles. The maximum absolute atomic E-state index is 10.9. The van der Waals surface area contributed by atoms with Gasteiger partial charge >= 0.3 is 5.97 Å². The number of rotatable bonds is 6. The number of benzene rings is 1. The molecule has 0 bridgehead atoms. The summed E-state index contributed by atoms with van der Waals surface area (Å²) in [5, 5.41) is 17.6. The number of aliphatic hydroxyl groups excluding tert-OH is 1. The molecule has 0 radical (unpaired) electrons. The molecule has 1 atom stereocenters. The molecule has 88 valence electrons. The van der Waals surface area contributed by atoms with Gasteiger partial charge in [0.15, 0.2) is 6.10 Å². The van der Waals surface area contributed by atoms with E-state index in [0.29, 0.717) is 18.6 Å². The van der Waals surface area contributed by atoms with Gasteiger partial charge in [-0.2, -0.15) is 0 Å². The van der Waals surface area contributed by atoms with Gasteiger partial charge in [0.25, 0.3) is 0 Å². The number of carboxylic acid groups (broad SMARTS) is 1. The van der Waals surface area contributed by atoms with Crippen molar-refractivity contribution in [3.8, 4) is 5.75 Å². The number of aliphatic carboxylic acids is 1. The molecule has 0 aliphatic carbocycles. The van der Waals surface area contributed by atoms with E-state index in [9.17, 15) is 4.79 Å². The molecule has 0 heterocycles. The van der Waals surface area contributed by atoms with Crippen LogP contribution in [0.25, 0.3) is 0 Å². The quantitative estimate of drug-likeness (QED) is 0.770. The molecule has 0 fully saturated rings. The first-order valence-electron chi connectivity index (χ1n) is 5.21. The molecule has 0 amide bonds. The van der Waals surface area contributed by atoms with Crippen molar-refractivity contribution in [2.45, 2.75) is 25.9 Å². The fourth-order valence-electron chi connectivity index (χ4n) is 1.35. The van der Waals surface area contributed by atoms with E-state index in [0.717, 1.165) is 5.56 Å². The second-order valence-corrected chi connectivity index (χ2v) is 3.58. The number of hydrogen-bond donors (Lipinski definition) is 2. The minimum atomic E-state index is -1.00. The van der Waals surface area contributed by atoms with Crippen LogP contribution in [-0.2, 0) is 4.79 Å². The first kappa shape index (κ1) is 12.5. The molecule has 2 N–H and O–H groups in total. The lowest BCUT2D eigenvalue weighted by atomic mass is 10.2. The van der Waals surface area contributed by atoms with Gasteiger partial charge in [-0.25, -0.2) is 4.79 Å². The molecule has 0 aliphatic heterocycles. The van der Waals surface area contributed by atoms with Gasteiger partial charge in [0, 0.05) is 6.61 Å². The number of para-hydroxylation sites is 1. The number of ether oxygens (including phenoxy) is 1. The summed E-state index contributed by atoms with van der Waals surface area (Å²) in [7, 11) is 0. The van der Waals surface area contributed by atoms with E-state index >= 15 is 0 Å². The van der Waals surface area contributed by atoms with Crippen molar-refractivity contribution in [3.05, 3.63) is 29.8 Å². The van der Waals surface area contributed by atoms with Crippen LogP contribution in [0.3, 0.4) is 0 Å². The molecule has 0 aliphatic rings. The van der Waals surface area contributed by atoms with Crippen molar-refractivity contribution in [2.24, 2.45) is 0 Å². The van der Waals surface area contributed by atoms with Gasteiger partial charge in [-0.1, -0.05) is 18.2 Å². The number of carboxylic acids is 1. The lowest BCUT2D eigenvalue weighted by Crippen LogP contribution is -2.27. The molecule has 16 heavy (non-hydrogen) atoms. The molecular weight excluding hydrogens is 208 g/mol. The van der Waals surface area contributed by atoms with Crippen LogP contribution in [0.1, 0.15) is 18.4 Å². The SMILES string of the molecule is Cc1ccccc1OC(CCCO)C(=O)O. The van der Waals surface area contributed by atoms with E-state index < -0.39 is 12.1 Å². The maximum atomic E-state index is 10.9. The largest absolute Gasteiger partial charge is 0.479 e. The third-order valence-electron chi connectivity index (χ3n) is 2.26. The molecule has 1 rings (SSSR count). The molecule has 4 nitrogen and oxygen atoms in total. The average Bonchev–Trinajstić information content (AvgIpc) is 2.26. The highest BCUT2D eigenvalue weighted by molar-refractivity contribution is 5.72. The van der Waals surface area contributed by atoms with Gasteiger partial charge < -0.3 is 14.9 Å². The van der Waals surface area contributed by atoms with Crippen molar-refractivity contribution in [3.63, 3.8) is 0 Å². The third-order valence-corrected chi connectivity index (χ3v) is 2.26. The van der Waals surface area contributed by atoms with Gasteiger partial charge in [0.05, 0.1) is 0 Å². The standard InChI is InChI=1S/C12H16O4/c1-9-5-2-3-6-10(9)16-11(12(14)15)7-4-8-13/h2-3,5-6,11,13H,4,7-8H2,1H3,(H,14,15). The predicted molar refractivity (Wildman–Crippen MR) is 59.6 cm³/mol. The fraction of sp³-hybridized carbons (Fsp3) is 0.417. The summed E-state index contributed by atoms with van der Waals surface area (Å²) in [5.41, 5.74) is 0.901. The van der Waals surface area contributed by atoms with Gasteiger partial charge in [-0.3, -0.25) is 0 Å². The lowest BCUT2D eigenvalue weighted by molar-refractivity contribution is -0.145. The van der Waals surface area contributed by atoms with Gasteiger partial charge in [-0.05, 0) is 31.4 Å². The van der Waals surface area contributed by atoms with Gasteiger partial charge in [0.2, 0.25) is 0 Å². The summed E-state index contributed by atoms with van der Waals surface area (Å²) in [6, 6.07) is 7.27. The Kier molecular flexibility index (Phi) is 4.79. The van der Waals surface area contributed by atoms with Crippen molar-refractivity contribution < 1.29 is 19.7 Å². The summed E-state index contributed by atoms with van der Waals surface area (Å²) in [6.07, 6.45) is -0.170. The summed E-state index contributed by atoms with van der Waals surface area (Å²) >= 11 is 0. The Morgan fingerprint density at radius 1 is 1.44 bits per heavy atom. The zero-order chi connectivity index (χ0) is 12.0. The first-order chi connectivity index (χ1) is 7.65. The second kappa shape index (κ2) is 6.12. The first-order valence-corrected chi connectivity index (χ1v) is 5.21. The molecule has 0 saturated heterocycles. The van der Waals surface area contributed by atoms with Crippen molar-refractivity contribution >= 4 is 5.97 Å². The Morgan fingerprint density at radius 2 is 2.12 bits per heavy atom. The van der Waals surface area contributed by atoms with E-state index in [4.69, 9.17) is 14.9 Å². The number of aliphatic hydroxyl groups is 1. The number of carbonyl (C=O) groups is 1. The van der Waals surface area contributed by atoms with Crippen LogP contribution in [-0.4, -0.2) is 28.9 Å². The fourth-order valence-corrected chi connectivity index (χ4v) is 1.35. The van der Waals surface area contributed by atoms with Gasteiger partial charge in [0.1, 0.15) is 5.75 Å². The Hall–Kier alpha value is -1.55. The van der Waals surface area contributed by atoms with Gasteiger partial charge in [-0.15, -0.1) is 0 Å². The van der Waals surface area contributed by atoms with Crippen LogP contribution in [0, 0.1) is 6.92 Å². The minimum Gasteiger partial charge on any atom is -0.479 e. The van der Waals surface area contributed by atoms with Crippen LogP contribution >= 0.6 is 0 Å². The highest BCUT2D eigenvalue weighted by Gasteiger charge is 2.19. The van der Waals surface area contributed by atoms with E-state index in [1.165, 1.54) is 0 Å². The summed E-state index contributed by atoms with van der Waals surface area (Å²) < 4.78 is 5.40. The molecule has 1 aromatic rings. The third kappa shape index (κ3) is 3.55. The van der Waals surface area contributed by atoms with E-state index in [1.54, 1.807) is 12.1 Å². The normalized spacial score (nSPS) is 12.1. The van der Waals surface area contributed by atoms with Crippen LogP contribution in [0.4, 0.5) is 0 Å². The zero-order valence-electron chi connectivity index (χ0n) is 9.22. The van der Waals surface area contributed by atoms with E-state index in [-0.39, 0.29) is 6.61 Å². The van der Waals surface area contributed by atoms with E-state index in [1.807, 2.05) is 19.1 Å². The Labute approximate surface area is 94.5 Å². The molecule has 1 unspecified atom stereocenters. The molecule has 0 spiro atoms. The highest BCUT2D eigenvalue weighted by atomic mass is 16.5.